The molecule has 1 aromatic heterocycles. The van der Waals surface area contributed by atoms with Crippen molar-refractivity contribution in [1.82, 2.24) is 15.3 Å². The molecule has 2 rings (SSSR count). The molecule has 2 atom stereocenters. The van der Waals surface area contributed by atoms with Gasteiger partial charge >= 0.3 is 0 Å². The maximum absolute atomic E-state index is 5.89. The van der Waals surface area contributed by atoms with E-state index < -0.39 is 0 Å². The Bertz CT molecular complexity index is 392. The van der Waals surface area contributed by atoms with Crippen molar-refractivity contribution in [3.63, 3.8) is 0 Å². The SMILES string of the molecule is CNC(Cc1cc(OC)ncn1)C1(C)CCCO1. The van der Waals surface area contributed by atoms with Crippen LogP contribution in [0, 0.1) is 0 Å². The molecule has 0 aromatic carbocycles. The van der Waals surface area contributed by atoms with Gasteiger partial charge in [-0.3, -0.25) is 0 Å². The lowest BCUT2D eigenvalue weighted by Gasteiger charge is -2.33. The summed E-state index contributed by atoms with van der Waals surface area (Å²) in [4.78, 5) is 8.31. The molecule has 5 heteroatoms. The minimum absolute atomic E-state index is 0.104. The smallest absolute Gasteiger partial charge is 0.216 e. The summed E-state index contributed by atoms with van der Waals surface area (Å²) in [6.45, 7) is 3.02. The molecular formula is C13H21N3O2. The summed E-state index contributed by atoms with van der Waals surface area (Å²) in [6, 6.07) is 2.13. The molecule has 0 aliphatic carbocycles. The van der Waals surface area contributed by atoms with Gasteiger partial charge in [-0.2, -0.15) is 0 Å². The molecule has 1 aromatic rings. The van der Waals surface area contributed by atoms with E-state index in [0.29, 0.717) is 5.88 Å². The van der Waals surface area contributed by atoms with Gasteiger partial charge in [0.25, 0.3) is 0 Å². The Morgan fingerprint density at radius 1 is 1.56 bits per heavy atom. The Balaban J connectivity index is 2.09. The van der Waals surface area contributed by atoms with Gasteiger partial charge in [-0.15, -0.1) is 0 Å². The standard InChI is InChI=1S/C13H21N3O2/c1-13(5-4-6-18-13)11(14-2)7-10-8-12(17-3)16-9-15-10/h8-9,11,14H,4-7H2,1-3H3. The van der Waals surface area contributed by atoms with E-state index in [1.165, 1.54) is 0 Å². The van der Waals surface area contributed by atoms with Crippen LogP contribution in [0.3, 0.4) is 0 Å². The molecule has 0 radical (unpaired) electrons. The molecule has 0 spiro atoms. The van der Waals surface area contributed by atoms with Crippen molar-refractivity contribution in [1.29, 1.82) is 0 Å². The number of hydrogen-bond donors (Lipinski definition) is 1. The van der Waals surface area contributed by atoms with Crippen molar-refractivity contribution in [2.24, 2.45) is 0 Å². The molecule has 5 nitrogen and oxygen atoms in total. The summed E-state index contributed by atoms with van der Waals surface area (Å²) >= 11 is 0. The summed E-state index contributed by atoms with van der Waals surface area (Å²) in [7, 11) is 3.58. The molecule has 18 heavy (non-hydrogen) atoms. The van der Waals surface area contributed by atoms with Gasteiger partial charge in [0.05, 0.1) is 12.7 Å². The Morgan fingerprint density at radius 3 is 3.00 bits per heavy atom. The van der Waals surface area contributed by atoms with Crippen molar-refractivity contribution >= 4 is 0 Å². The second-order valence-electron chi connectivity index (χ2n) is 4.86. The van der Waals surface area contributed by atoms with Gasteiger partial charge in [-0.05, 0) is 26.8 Å². The van der Waals surface area contributed by atoms with Crippen LogP contribution in [0.5, 0.6) is 5.88 Å². The van der Waals surface area contributed by atoms with Crippen LogP contribution in [0.2, 0.25) is 0 Å². The highest BCUT2D eigenvalue weighted by Gasteiger charge is 2.37. The van der Waals surface area contributed by atoms with Crippen LogP contribution in [0.15, 0.2) is 12.4 Å². The quantitative estimate of drug-likeness (QED) is 0.851. The summed E-state index contributed by atoms with van der Waals surface area (Å²) in [5, 5.41) is 3.34. The number of methoxy groups -OCH3 is 1. The van der Waals surface area contributed by atoms with Gasteiger partial charge in [0.15, 0.2) is 0 Å². The maximum Gasteiger partial charge on any atom is 0.216 e. The third-order valence-electron chi connectivity index (χ3n) is 3.66. The highest BCUT2D eigenvalue weighted by molar-refractivity contribution is 5.15. The van der Waals surface area contributed by atoms with E-state index in [1.54, 1.807) is 13.4 Å². The Hall–Kier alpha value is -1.20. The average molecular weight is 251 g/mol. The first kappa shape index (κ1) is 13.2. The van der Waals surface area contributed by atoms with Gasteiger partial charge < -0.3 is 14.8 Å². The van der Waals surface area contributed by atoms with Crippen LogP contribution < -0.4 is 10.1 Å². The molecule has 0 amide bonds. The van der Waals surface area contributed by atoms with Gasteiger partial charge in [-0.25, -0.2) is 9.97 Å². The van der Waals surface area contributed by atoms with Crippen molar-refractivity contribution in [2.75, 3.05) is 20.8 Å². The number of likely N-dealkylation sites (N-methyl/N-ethyl adjacent to an activating group) is 1. The summed E-state index contributed by atoms with van der Waals surface area (Å²) in [6.07, 6.45) is 4.56. The lowest BCUT2D eigenvalue weighted by molar-refractivity contribution is -0.00969. The minimum atomic E-state index is -0.104. The first-order valence-corrected chi connectivity index (χ1v) is 6.34. The zero-order chi connectivity index (χ0) is 13.0. The normalized spacial score (nSPS) is 25.1. The summed E-state index contributed by atoms with van der Waals surface area (Å²) < 4.78 is 11.0. The lowest BCUT2D eigenvalue weighted by atomic mass is 9.90. The first-order chi connectivity index (χ1) is 8.68. The average Bonchev–Trinajstić information content (AvgIpc) is 2.84. The van der Waals surface area contributed by atoms with Crippen LogP contribution in [0.4, 0.5) is 0 Å². The van der Waals surface area contributed by atoms with E-state index in [2.05, 4.69) is 22.2 Å². The van der Waals surface area contributed by atoms with E-state index in [-0.39, 0.29) is 11.6 Å². The van der Waals surface area contributed by atoms with Crippen LogP contribution >= 0.6 is 0 Å². The van der Waals surface area contributed by atoms with E-state index in [9.17, 15) is 0 Å². The van der Waals surface area contributed by atoms with Crippen molar-refractivity contribution in [3.05, 3.63) is 18.1 Å². The molecule has 1 aliphatic rings. The molecule has 0 bridgehead atoms. The van der Waals surface area contributed by atoms with Crippen LogP contribution in [-0.2, 0) is 11.2 Å². The topological polar surface area (TPSA) is 56.3 Å². The molecular weight excluding hydrogens is 230 g/mol. The zero-order valence-electron chi connectivity index (χ0n) is 11.3. The fraction of sp³-hybridized carbons (Fsp3) is 0.692. The second-order valence-corrected chi connectivity index (χ2v) is 4.86. The van der Waals surface area contributed by atoms with E-state index in [0.717, 1.165) is 31.6 Å². The second kappa shape index (κ2) is 5.63. The fourth-order valence-electron chi connectivity index (χ4n) is 2.51. The van der Waals surface area contributed by atoms with E-state index in [1.807, 2.05) is 13.1 Å². The third-order valence-corrected chi connectivity index (χ3v) is 3.66. The van der Waals surface area contributed by atoms with E-state index >= 15 is 0 Å². The largest absolute Gasteiger partial charge is 0.481 e. The highest BCUT2D eigenvalue weighted by Crippen LogP contribution is 2.30. The summed E-state index contributed by atoms with van der Waals surface area (Å²) in [5.41, 5.74) is 0.866. The van der Waals surface area contributed by atoms with Gasteiger partial charge in [0, 0.05) is 30.8 Å². The van der Waals surface area contributed by atoms with Crippen molar-refractivity contribution in [3.8, 4) is 5.88 Å². The fourth-order valence-corrected chi connectivity index (χ4v) is 2.51. The molecule has 100 valence electrons. The molecule has 2 unspecified atom stereocenters. The number of nitrogens with zero attached hydrogens (tertiary/aromatic N) is 2. The number of nitrogens with one attached hydrogen (secondary N) is 1. The highest BCUT2D eigenvalue weighted by atomic mass is 16.5. The number of rotatable bonds is 5. The van der Waals surface area contributed by atoms with Gasteiger partial charge in [-0.1, -0.05) is 0 Å². The predicted octanol–water partition coefficient (Wildman–Crippen LogP) is 1.18. The van der Waals surface area contributed by atoms with Crippen molar-refractivity contribution < 1.29 is 9.47 Å². The Kier molecular flexibility index (Phi) is 4.14. The molecule has 0 saturated carbocycles. The van der Waals surface area contributed by atoms with Gasteiger partial charge in [0.2, 0.25) is 5.88 Å². The van der Waals surface area contributed by atoms with Gasteiger partial charge in [0.1, 0.15) is 6.33 Å². The minimum Gasteiger partial charge on any atom is -0.481 e. The molecule has 1 fully saturated rings. The van der Waals surface area contributed by atoms with E-state index in [4.69, 9.17) is 9.47 Å². The molecule has 1 N–H and O–H groups in total. The maximum atomic E-state index is 5.89. The first-order valence-electron chi connectivity index (χ1n) is 6.34. The molecule has 2 heterocycles. The van der Waals surface area contributed by atoms with Crippen LogP contribution in [-0.4, -0.2) is 42.4 Å². The summed E-state index contributed by atoms with van der Waals surface area (Å²) in [5.74, 6) is 0.604. The third kappa shape index (κ3) is 2.79. The van der Waals surface area contributed by atoms with Crippen LogP contribution in [0.25, 0.3) is 0 Å². The molecule has 1 aliphatic heterocycles. The number of ether oxygens (including phenoxy) is 2. The van der Waals surface area contributed by atoms with Crippen LogP contribution in [0.1, 0.15) is 25.5 Å². The van der Waals surface area contributed by atoms with Crippen molar-refractivity contribution in [2.45, 2.75) is 37.8 Å². The Labute approximate surface area is 108 Å². The zero-order valence-corrected chi connectivity index (χ0v) is 11.3. The monoisotopic (exact) mass is 251 g/mol. The Morgan fingerprint density at radius 2 is 2.39 bits per heavy atom. The number of hydrogen-bond acceptors (Lipinski definition) is 5. The molecule has 1 saturated heterocycles. The predicted molar refractivity (Wildman–Crippen MR) is 68.7 cm³/mol. The number of aromatic nitrogens is 2. The lowest BCUT2D eigenvalue weighted by Crippen LogP contribution is -2.48.